The molecule has 0 saturated heterocycles. The highest BCUT2D eigenvalue weighted by Gasteiger charge is 2.42. The molecular weight excluding hydrogens is 827 g/mol. The Morgan fingerprint density at radius 2 is 0.719 bits per heavy atom. The Hall–Kier alpha value is -6.26. The highest BCUT2D eigenvalue weighted by atomic mass is 31.2. The zero-order chi connectivity index (χ0) is 44.1. The summed E-state index contributed by atoms with van der Waals surface area (Å²) >= 11 is 0. The number of para-hydroxylation sites is 4. The fraction of sp³-hybridized carbons (Fsp3) is 0.200. The molecule has 0 saturated carbocycles. The van der Waals surface area contributed by atoms with Gasteiger partial charge in [-0.2, -0.15) is 0 Å². The molecular formula is C55H52N4O3P2. The van der Waals surface area contributed by atoms with E-state index in [-0.39, 0.29) is 10.8 Å². The molecule has 320 valence electrons. The maximum atomic E-state index is 7.60. The van der Waals surface area contributed by atoms with Crippen LogP contribution in [0.5, 0.6) is 23.0 Å². The first-order valence-corrected chi connectivity index (χ1v) is 24.3. The summed E-state index contributed by atoms with van der Waals surface area (Å²) in [5.74, 6) is 2.82. The van der Waals surface area contributed by atoms with E-state index in [1.807, 2.05) is 0 Å². The summed E-state index contributed by atoms with van der Waals surface area (Å²) in [6, 6.07) is 51.9. The van der Waals surface area contributed by atoms with Gasteiger partial charge in [0.2, 0.25) is 0 Å². The van der Waals surface area contributed by atoms with Crippen LogP contribution < -0.4 is 13.8 Å². The third kappa shape index (κ3) is 6.71. The van der Waals surface area contributed by atoms with Gasteiger partial charge in [-0.25, -0.2) is 0 Å². The van der Waals surface area contributed by atoms with E-state index in [9.17, 15) is 0 Å². The van der Waals surface area contributed by atoms with Gasteiger partial charge >= 0.3 is 16.9 Å². The van der Waals surface area contributed by atoms with Gasteiger partial charge in [-0.15, -0.1) is 0 Å². The smallest absolute Gasteiger partial charge is 0.318 e. The van der Waals surface area contributed by atoms with Crippen LogP contribution in [0.3, 0.4) is 0 Å². The van der Waals surface area contributed by atoms with Gasteiger partial charge in [-0.3, -0.25) is 17.4 Å². The quantitative estimate of drug-likeness (QED) is 0.143. The Bertz CT molecular complexity index is 3040. The number of ether oxygens (including phenoxy) is 1. The predicted octanol–water partition coefficient (Wildman–Crippen LogP) is 15.9. The van der Waals surface area contributed by atoms with Crippen LogP contribution in [0.25, 0.3) is 43.6 Å². The topological polar surface area (TPSA) is 47.4 Å². The molecule has 0 amide bonds. The molecule has 0 fully saturated rings. The lowest BCUT2D eigenvalue weighted by Gasteiger charge is -2.39. The summed E-state index contributed by atoms with van der Waals surface area (Å²) in [6.07, 6.45) is 8.62. The Morgan fingerprint density at radius 3 is 1.02 bits per heavy atom. The van der Waals surface area contributed by atoms with Crippen LogP contribution in [0.4, 0.5) is 0 Å². The summed E-state index contributed by atoms with van der Waals surface area (Å²) < 4.78 is 31.8. The molecule has 11 rings (SSSR count). The predicted molar refractivity (Wildman–Crippen MR) is 267 cm³/mol. The Kier molecular flexibility index (Phi) is 9.44. The molecule has 0 N–H and O–H groups in total. The first-order chi connectivity index (χ1) is 30.7. The minimum absolute atomic E-state index is 0.178. The van der Waals surface area contributed by atoms with E-state index in [0.29, 0.717) is 23.0 Å². The molecule has 1 aliphatic heterocycles. The summed E-state index contributed by atoms with van der Waals surface area (Å²) in [6.45, 7) is 18.3. The second-order valence-electron chi connectivity index (χ2n) is 19.5. The van der Waals surface area contributed by atoms with Crippen LogP contribution in [-0.2, 0) is 16.2 Å². The van der Waals surface area contributed by atoms with Crippen LogP contribution in [-0.4, -0.2) is 17.4 Å². The molecule has 0 unspecified atom stereocenters. The average molecular weight is 879 g/mol. The molecule has 0 spiro atoms. The summed E-state index contributed by atoms with van der Waals surface area (Å²) in [4.78, 5) is 0. The third-order valence-electron chi connectivity index (χ3n) is 12.8. The standard InChI is InChI=1S/C55H52N4O3P2/c1-53(2,3)41-33-43-51(49(35-41)61-63(56-29-25-37-17-9-13-21-45(37)56)57-30-26-38-18-10-14-22-46(38)57)60-52-44(55(43,7)8)34-42(54(4,5)6)36-50(52)62-64(58-31-27-39-19-11-15-23-47(39)58)59-32-28-40-20-12-16-24-48(40)59/h9-36H,1-8H3. The number of fused-ring (bicyclic) bond motifs is 6. The first kappa shape index (κ1) is 40.5. The molecule has 7 nitrogen and oxygen atoms in total. The van der Waals surface area contributed by atoms with E-state index >= 15 is 0 Å². The first-order valence-electron chi connectivity index (χ1n) is 22.0. The van der Waals surface area contributed by atoms with Gasteiger partial charge in [0.05, 0.1) is 22.1 Å². The highest BCUT2D eigenvalue weighted by molar-refractivity contribution is 7.50. The minimum atomic E-state index is -1.52. The van der Waals surface area contributed by atoms with Gasteiger partial charge in [0.25, 0.3) is 0 Å². The summed E-state index contributed by atoms with van der Waals surface area (Å²) in [5, 5.41) is 4.63. The van der Waals surface area contributed by atoms with Gasteiger partial charge in [0.15, 0.2) is 23.0 Å². The van der Waals surface area contributed by atoms with Crippen LogP contribution >= 0.6 is 16.9 Å². The summed E-state index contributed by atoms with van der Waals surface area (Å²) in [5.41, 5.74) is 8.08. The van der Waals surface area contributed by atoms with Crippen molar-refractivity contribution in [1.29, 1.82) is 0 Å². The molecule has 6 aromatic carbocycles. The second kappa shape index (κ2) is 14.9. The molecule has 0 radical (unpaired) electrons. The van der Waals surface area contributed by atoms with Crippen molar-refractivity contribution in [2.45, 2.75) is 71.6 Å². The van der Waals surface area contributed by atoms with Crippen LogP contribution in [0.2, 0.25) is 0 Å². The zero-order valence-corrected chi connectivity index (χ0v) is 39.4. The van der Waals surface area contributed by atoms with E-state index in [0.717, 1.165) is 54.7 Å². The lowest BCUT2D eigenvalue weighted by Crippen LogP contribution is -2.27. The van der Waals surface area contributed by atoms with Gasteiger partial charge in [-0.1, -0.05) is 140 Å². The van der Waals surface area contributed by atoms with E-state index in [1.54, 1.807) is 0 Å². The van der Waals surface area contributed by atoms with Crippen molar-refractivity contribution >= 4 is 60.5 Å². The molecule has 0 aliphatic carbocycles. The largest absolute Gasteiger partial charge is 0.449 e. The van der Waals surface area contributed by atoms with Crippen LogP contribution in [0, 0.1) is 0 Å². The molecule has 10 aromatic rings. The molecule has 4 aromatic heterocycles. The molecule has 64 heavy (non-hydrogen) atoms. The third-order valence-corrected chi connectivity index (χ3v) is 16.4. The van der Waals surface area contributed by atoms with Crippen molar-refractivity contribution in [2.75, 3.05) is 0 Å². The average Bonchev–Trinajstić information content (AvgIpc) is 4.10. The number of nitrogens with zero attached hydrogens (tertiary/aromatic N) is 4. The van der Waals surface area contributed by atoms with Crippen molar-refractivity contribution in [2.24, 2.45) is 0 Å². The fourth-order valence-corrected chi connectivity index (χ4v) is 12.6. The van der Waals surface area contributed by atoms with E-state index in [4.69, 9.17) is 13.8 Å². The highest BCUT2D eigenvalue weighted by Crippen LogP contribution is 2.60. The molecule has 0 atom stereocenters. The van der Waals surface area contributed by atoms with Crippen molar-refractivity contribution in [3.8, 4) is 23.0 Å². The number of rotatable bonds is 8. The van der Waals surface area contributed by atoms with Gasteiger partial charge < -0.3 is 13.8 Å². The van der Waals surface area contributed by atoms with Crippen molar-refractivity contribution in [3.63, 3.8) is 0 Å². The monoisotopic (exact) mass is 878 g/mol. The second-order valence-corrected chi connectivity index (χ2v) is 22.6. The SMILES string of the molecule is CC(C)(C)c1cc(OP(n2ccc3ccccc32)n2ccc3ccccc32)c2c(c1)C(C)(C)c1cc(C(C)(C)C)cc(OP(n3ccc4ccccc43)n3ccc4ccccc43)c1O2. The van der Waals surface area contributed by atoms with Crippen LogP contribution in [0.15, 0.2) is 170 Å². The molecule has 1 aliphatic rings. The minimum Gasteiger partial charge on any atom is -0.449 e. The Balaban J connectivity index is 1.12. The fourth-order valence-electron chi connectivity index (χ4n) is 9.02. The van der Waals surface area contributed by atoms with Gasteiger partial charge in [0.1, 0.15) is 0 Å². The number of aromatic nitrogens is 4. The molecule has 9 heteroatoms. The van der Waals surface area contributed by atoms with Gasteiger partial charge in [-0.05, 0) is 82.6 Å². The van der Waals surface area contributed by atoms with E-state index in [1.165, 1.54) is 11.1 Å². The number of hydrogen-bond acceptors (Lipinski definition) is 3. The zero-order valence-electron chi connectivity index (χ0n) is 37.6. The maximum absolute atomic E-state index is 7.60. The van der Waals surface area contributed by atoms with Crippen molar-refractivity contribution in [3.05, 3.63) is 193 Å². The number of hydrogen-bond donors (Lipinski definition) is 0. The van der Waals surface area contributed by atoms with Crippen molar-refractivity contribution in [1.82, 2.24) is 17.4 Å². The van der Waals surface area contributed by atoms with Crippen molar-refractivity contribution < 1.29 is 13.8 Å². The maximum Gasteiger partial charge on any atom is 0.318 e. The molecule has 0 bridgehead atoms. The van der Waals surface area contributed by atoms with Gasteiger partial charge in [0, 0.05) is 62.9 Å². The number of benzene rings is 6. The van der Waals surface area contributed by atoms with Crippen LogP contribution in [0.1, 0.15) is 77.6 Å². The van der Waals surface area contributed by atoms with E-state index < -0.39 is 22.3 Å². The Morgan fingerprint density at radius 1 is 0.422 bits per heavy atom. The molecule has 5 heterocycles. The lowest BCUT2D eigenvalue weighted by atomic mass is 9.72. The Labute approximate surface area is 377 Å². The van der Waals surface area contributed by atoms with E-state index in [2.05, 4.69) is 243 Å². The lowest BCUT2D eigenvalue weighted by molar-refractivity contribution is 0.382. The summed E-state index contributed by atoms with van der Waals surface area (Å²) in [7, 11) is -3.04. The normalized spacial score (nSPS) is 13.8.